The van der Waals surface area contributed by atoms with Gasteiger partial charge in [-0.2, -0.15) is 0 Å². The number of nitrogens with one attached hydrogen (secondary N) is 1. The van der Waals surface area contributed by atoms with Gasteiger partial charge < -0.3 is 19.7 Å². The van der Waals surface area contributed by atoms with Crippen LogP contribution >= 0.6 is 0 Å². The molecular weight excluding hydrogens is 316 g/mol. The first-order chi connectivity index (χ1) is 12.2. The van der Waals surface area contributed by atoms with Crippen molar-refractivity contribution >= 4 is 5.91 Å². The SMILES string of the molecule is COc1ccc(C(CN2CCCC2)NC(=O)C2CCCOC2C)cc1. The van der Waals surface area contributed by atoms with E-state index in [2.05, 4.69) is 22.3 Å². The summed E-state index contributed by atoms with van der Waals surface area (Å²) < 4.78 is 10.9. The number of hydrogen-bond acceptors (Lipinski definition) is 4. The third-order valence-electron chi connectivity index (χ3n) is 5.42. The average Bonchev–Trinajstić information content (AvgIpc) is 3.14. The largest absolute Gasteiger partial charge is 0.497 e. The number of carbonyl (C=O) groups excluding carboxylic acids is 1. The molecule has 0 saturated carbocycles. The van der Waals surface area contributed by atoms with Gasteiger partial charge in [0.2, 0.25) is 5.91 Å². The summed E-state index contributed by atoms with van der Waals surface area (Å²) >= 11 is 0. The van der Waals surface area contributed by atoms with Gasteiger partial charge in [-0.3, -0.25) is 4.79 Å². The molecule has 5 nitrogen and oxygen atoms in total. The van der Waals surface area contributed by atoms with Gasteiger partial charge in [0.1, 0.15) is 5.75 Å². The molecule has 0 spiro atoms. The molecule has 3 unspecified atom stereocenters. The summed E-state index contributed by atoms with van der Waals surface area (Å²) in [5, 5.41) is 3.30. The van der Waals surface area contributed by atoms with Gasteiger partial charge in [-0.1, -0.05) is 12.1 Å². The normalized spacial score (nSPS) is 25.5. The molecule has 1 amide bonds. The predicted octanol–water partition coefficient (Wildman–Crippen LogP) is 2.76. The molecule has 2 aliphatic rings. The summed E-state index contributed by atoms with van der Waals surface area (Å²) in [6, 6.07) is 8.04. The van der Waals surface area contributed by atoms with Crippen molar-refractivity contribution in [1.82, 2.24) is 10.2 Å². The molecule has 138 valence electrons. The molecule has 1 aromatic carbocycles. The number of likely N-dealkylation sites (tertiary alicyclic amines) is 1. The number of carbonyl (C=O) groups is 1. The van der Waals surface area contributed by atoms with Crippen molar-refractivity contribution in [2.45, 2.75) is 44.8 Å². The molecule has 3 rings (SSSR count). The second-order valence-electron chi connectivity index (χ2n) is 7.17. The van der Waals surface area contributed by atoms with Crippen LogP contribution in [-0.2, 0) is 9.53 Å². The van der Waals surface area contributed by atoms with Gasteiger partial charge in [0.15, 0.2) is 0 Å². The molecule has 5 heteroatoms. The van der Waals surface area contributed by atoms with E-state index >= 15 is 0 Å². The smallest absolute Gasteiger partial charge is 0.226 e. The first kappa shape index (κ1) is 18.2. The fourth-order valence-corrected chi connectivity index (χ4v) is 3.84. The van der Waals surface area contributed by atoms with Crippen LogP contribution in [-0.4, -0.2) is 50.3 Å². The van der Waals surface area contributed by atoms with E-state index in [0.29, 0.717) is 0 Å². The number of benzene rings is 1. The number of ether oxygens (including phenoxy) is 2. The Morgan fingerprint density at radius 3 is 2.64 bits per heavy atom. The lowest BCUT2D eigenvalue weighted by Gasteiger charge is -2.31. The van der Waals surface area contributed by atoms with E-state index in [-0.39, 0.29) is 24.0 Å². The minimum atomic E-state index is -0.0481. The first-order valence-electron chi connectivity index (χ1n) is 9.45. The number of amides is 1. The maximum Gasteiger partial charge on any atom is 0.226 e. The van der Waals surface area contributed by atoms with Crippen molar-refractivity contribution in [3.63, 3.8) is 0 Å². The summed E-state index contributed by atoms with van der Waals surface area (Å²) in [5.41, 5.74) is 1.13. The highest BCUT2D eigenvalue weighted by Crippen LogP contribution is 2.24. The third kappa shape index (κ3) is 4.73. The monoisotopic (exact) mass is 346 g/mol. The summed E-state index contributed by atoms with van der Waals surface area (Å²) in [6.07, 6.45) is 4.36. The molecule has 2 aliphatic heterocycles. The Labute approximate surface area is 150 Å². The van der Waals surface area contributed by atoms with Gasteiger partial charge in [0, 0.05) is 13.2 Å². The van der Waals surface area contributed by atoms with Crippen LogP contribution in [0.25, 0.3) is 0 Å². The highest BCUT2D eigenvalue weighted by molar-refractivity contribution is 5.79. The molecule has 1 N–H and O–H groups in total. The van der Waals surface area contributed by atoms with Crippen LogP contribution in [0.3, 0.4) is 0 Å². The van der Waals surface area contributed by atoms with Crippen LogP contribution in [0, 0.1) is 5.92 Å². The van der Waals surface area contributed by atoms with Crippen LogP contribution < -0.4 is 10.1 Å². The zero-order chi connectivity index (χ0) is 17.6. The van der Waals surface area contributed by atoms with Gasteiger partial charge >= 0.3 is 0 Å². The minimum absolute atomic E-state index is 0.00273. The van der Waals surface area contributed by atoms with Gasteiger partial charge in [-0.15, -0.1) is 0 Å². The highest BCUT2D eigenvalue weighted by Gasteiger charge is 2.31. The fraction of sp³-hybridized carbons (Fsp3) is 0.650. The van der Waals surface area contributed by atoms with E-state index < -0.39 is 0 Å². The second-order valence-corrected chi connectivity index (χ2v) is 7.17. The second kappa shape index (κ2) is 8.68. The number of methoxy groups -OCH3 is 1. The topological polar surface area (TPSA) is 50.8 Å². The lowest BCUT2D eigenvalue weighted by atomic mass is 9.93. The minimum Gasteiger partial charge on any atom is -0.497 e. The summed E-state index contributed by atoms with van der Waals surface area (Å²) in [7, 11) is 1.67. The quantitative estimate of drug-likeness (QED) is 0.860. The maximum atomic E-state index is 12.9. The molecule has 25 heavy (non-hydrogen) atoms. The molecule has 0 aromatic heterocycles. The lowest BCUT2D eigenvalue weighted by Crippen LogP contribution is -2.44. The zero-order valence-corrected chi connectivity index (χ0v) is 15.4. The third-order valence-corrected chi connectivity index (χ3v) is 5.42. The first-order valence-corrected chi connectivity index (χ1v) is 9.45. The molecule has 0 radical (unpaired) electrons. The van der Waals surface area contributed by atoms with Crippen LogP contribution in [0.15, 0.2) is 24.3 Å². The Morgan fingerprint density at radius 1 is 1.28 bits per heavy atom. The summed E-state index contributed by atoms with van der Waals surface area (Å²) in [5.74, 6) is 0.907. The Morgan fingerprint density at radius 2 is 2.00 bits per heavy atom. The highest BCUT2D eigenvalue weighted by atomic mass is 16.5. The Hall–Kier alpha value is -1.59. The van der Waals surface area contributed by atoms with Crippen LogP contribution in [0.1, 0.15) is 44.2 Å². The summed E-state index contributed by atoms with van der Waals surface area (Å²) in [4.78, 5) is 15.3. The molecule has 0 aliphatic carbocycles. The van der Waals surface area contributed by atoms with Crippen LogP contribution in [0.5, 0.6) is 5.75 Å². The van der Waals surface area contributed by atoms with Crippen molar-refractivity contribution < 1.29 is 14.3 Å². The Kier molecular flexibility index (Phi) is 6.32. The van der Waals surface area contributed by atoms with Crippen molar-refractivity contribution in [1.29, 1.82) is 0 Å². The van der Waals surface area contributed by atoms with E-state index in [1.807, 2.05) is 19.1 Å². The number of hydrogen-bond donors (Lipinski definition) is 1. The standard InChI is InChI=1S/C20H30N2O3/c1-15-18(6-5-13-25-15)20(23)21-19(14-22-11-3-4-12-22)16-7-9-17(24-2)10-8-16/h7-10,15,18-19H,3-6,11-14H2,1-2H3,(H,21,23). The van der Waals surface area contributed by atoms with Gasteiger partial charge in [0.25, 0.3) is 0 Å². The molecule has 0 bridgehead atoms. The molecule has 3 atom stereocenters. The Balaban J connectivity index is 1.71. The van der Waals surface area contributed by atoms with Gasteiger partial charge in [-0.25, -0.2) is 0 Å². The lowest BCUT2D eigenvalue weighted by molar-refractivity contribution is -0.134. The van der Waals surface area contributed by atoms with E-state index in [4.69, 9.17) is 9.47 Å². The molecular formula is C20H30N2O3. The van der Waals surface area contributed by atoms with E-state index in [1.54, 1.807) is 7.11 Å². The molecule has 2 fully saturated rings. The number of nitrogens with zero attached hydrogens (tertiary/aromatic N) is 1. The average molecular weight is 346 g/mol. The number of rotatable bonds is 6. The van der Waals surface area contributed by atoms with E-state index in [0.717, 1.165) is 50.4 Å². The maximum absolute atomic E-state index is 12.9. The van der Waals surface area contributed by atoms with E-state index in [1.165, 1.54) is 12.8 Å². The van der Waals surface area contributed by atoms with Crippen molar-refractivity contribution in [2.75, 3.05) is 33.4 Å². The fourth-order valence-electron chi connectivity index (χ4n) is 3.84. The van der Waals surface area contributed by atoms with Gasteiger partial charge in [-0.05, 0) is 63.4 Å². The van der Waals surface area contributed by atoms with E-state index in [9.17, 15) is 4.79 Å². The van der Waals surface area contributed by atoms with Crippen molar-refractivity contribution in [3.8, 4) is 5.75 Å². The van der Waals surface area contributed by atoms with Crippen LogP contribution in [0.4, 0.5) is 0 Å². The van der Waals surface area contributed by atoms with Gasteiger partial charge in [0.05, 0.1) is 25.2 Å². The molecule has 2 saturated heterocycles. The molecule has 2 heterocycles. The van der Waals surface area contributed by atoms with Crippen molar-refractivity contribution in [2.24, 2.45) is 5.92 Å². The zero-order valence-electron chi connectivity index (χ0n) is 15.4. The van der Waals surface area contributed by atoms with Crippen molar-refractivity contribution in [3.05, 3.63) is 29.8 Å². The summed E-state index contributed by atoms with van der Waals surface area (Å²) in [6.45, 7) is 5.86. The Bertz CT molecular complexity index is 555. The predicted molar refractivity (Wildman–Crippen MR) is 97.7 cm³/mol. The van der Waals surface area contributed by atoms with Crippen LogP contribution in [0.2, 0.25) is 0 Å². The molecule has 1 aromatic rings.